The van der Waals surface area contributed by atoms with Crippen LogP contribution in [0.5, 0.6) is 0 Å². The van der Waals surface area contributed by atoms with Crippen molar-refractivity contribution in [3.05, 3.63) is 32.5 Å². The van der Waals surface area contributed by atoms with Gasteiger partial charge in [-0.05, 0) is 22.0 Å². The maximum Gasteiger partial charge on any atom is 0.318 e. The van der Waals surface area contributed by atoms with Gasteiger partial charge in [-0.15, -0.1) is 0 Å². The number of hydrogen-bond acceptors (Lipinski definition) is 3. The van der Waals surface area contributed by atoms with Crippen molar-refractivity contribution < 1.29 is 14.1 Å². The molecule has 1 aromatic rings. The van der Waals surface area contributed by atoms with E-state index in [0.29, 0.717) is 0 Å². The lowest BCUT2D eigenvalue weighted by Gasteiger charge is -2.03. The Kier molecular flexibility index (Phi) is 3.35. The fourth-order valence-corrected chi connectivity index (χ4v) is 1.60. The van der Waals surface area contributed by atoms with Crippen molar-refractivity contribution in [1.29, 1.82) is 0 Å². The number of benzene rings is 1. The van der Waals surface area contributed by atoms with Crippen molar-refractivity contribution in [2.75, 3.05) is 5.32 Å². The van der Waals surface area contributed by atoms with Crippen LogP contribution in [-0.4, -0.2) is 10.8 Å². The van der Waals surface area contributed by atoms with E-state index in [1.807, 2.05) is 0 Å². The molecule has 15 heavy (non-hydrogen) atoms. The minimum atomic E-state index is -1.00. The minimum Gasteiger partial charge on any atom is -0.326 e. The van der Waals surface area contributed by atoms with Gasteiger partial charge in [-0.1, -0.05) is 0 Å². The number of nitro groups is 1. The highest BCUT2D eigenvalue weighted by Gasteiger charge is 2.20. The SMILES string of the molecule is CC(=O)Nc1cc(F)c([N+](=O)[O-])c(Br)c1. The Bertz CT molecular complexity index is 413. The van der Waals surface area contributed by atoms with Gasteiger partial charge < -0.3 is 5.32 Å². The van der Waals surface area contributed by atoms with Gasteiger partial charge in [0.05, 0.1) is 4.92 Å². The Labute approximate surface area is 92.6 Å². The van der Waals surface area contributed by atoms with Gasteiger partial charge in [-0.3, -0.25) is 14.9 Å². The van der Waals surface area contributed by atoms with Crippen molar-refractivity contribution in [1.82, 2.24) is 0 Å². The molecule has 5 nitrogen and oxygen atoms in total. The normalized spacial score (nSPS) is 9.80. The zero-order valence-corrected chi connectivity index (χ0v) is 9.17. The summed E-state index contributed by atoms with van der Waals surface area (Å²) in [6, 6.07) is 2.16. The molecule has 1 rings (SSSR count). The summed E-state index contributed by atoms with van der Waals surface area (Å²) in [5.41, 5.74) is -0.485. The highest BCUT2D eigenvalue weighted by molar-refractivity contribution is 9.10. The first-order chi connectivity index (χ1) is 6.91. The van der Waals surface area contributed by atoms with Gasteiger partial charge in [0.15, 0.2) is 0 Å². The molecule has 1 aromatic carbocycles. The molecule has 0 atom stereocenters. The number of nitro benzene ring substituents is 1. The summed E-state index contributed by atoms with van der Waals surface area (Å²) in [6.45, 7) is 1.26. The molecule has 0 spiro atoms. The molecule has 0 saturated heterocycles. The van der Waals surface area contributed by atoms with Crippen molar-refractivity contribution in [2.24, 2.45) is 0 Å². The molecule has 1 N–H and O–H groups in total. The van der Waals surface area contributed by atoms with Crippen LogP contribution < -0.4 is 5.32 Å². The predicted molar refractivity (Wildman–Crippen MR) is 55.1 cm³/mol. The second kappa shape index (κ2) is 4.35. The van der Waals surface area contributed by atoms with Crippen LogP contribution in [0.4, 0.5) is 15.8 Å². The van der Waals surface area contributed by atoms with Crippen molar-refractivity contribution in [2.45, 2.75) is 6.92 Å². The number of hydrogen-bond donors (Lipinski definition) is 1. The van der Waals surface area contributed by atoms with Gasteiger partial charge in [0, 0.05) is 18.7 Å². The molecule has 7 heteroatoms. The lowest BCUT2D eigenvalue weighted by atomic mass is 10.2. The summed E-state index contributed by atoms with van der Waals surface area (Å²) < 4.78 is 13.2. The molecule has 0 aromatic heterocycles. The van der Waals surface area contributed by atoms with Gasteiger partial charge in [0.2, 0.25) is 11.7 Å². The zero-order chi connectivity index (χ0) is 11.6. The fraction of sp³-hybridized carbons (Fsp3) is 0.125. The number of nitrogens with one attached hydrogen (secondary N) is 1. The van der Waals surface area contributed by atoms with Crippen LogP contribution in [-0.2, 0) is 4.79 Å². The Balaban J connectivity index is 3.19. The Hall–Kier alpha value is -1.50. The van der Waals surface area contributed by atoms with E-state index in [0.717, 1.165) is 6.07 Å². The number of carbonyl (C=O) groups is 1. The topological polar surface area (TPSA) is 72.2 Å². The van der Waals surface area contributed by atoms with E-state index in [1.54, 1.807) is 0 Å². The van der Waals surface area contributed by atoms with E-state index in [1.165, 1.54) is 13.0 Å². The maximum atomic E-state index is 13.2. The maximum absolute atomic E-state index is 13.2. The molecule has 80 valence electrons. The van der Waals surface area contributed by atoms with Gasteiger partial charge in [0.25, 0.3) is 0 Å². The second-order valence-corrected chi connectivity index (χ2v) is 3.58. The molecule has 0 fully saturated rings. The average molecular weight is 277 g/mol. The Morgan fingerprint density at radius 2 is 2.20 bits per heavy atom. The summed E-state index contributed by atoms with van der Waals surface area (Å²) in [6.07, 6.45) is 0. The number of carbonyl (C=O) groups excluding carboxylic acids is 1. The van der Waals surface area contributed by atoms with E-state index in [2.05, 4.69) is 21.2 Å². The number of rotatable bonds is 2. The summed E-state index contributed by atoms with van der Waals surface area (Å²) in [4.78, 5) is 20.3. The molecule has 1 amide bonds. The monoisotopic (exact) mass is 276 g/mol. The number of nitrogens with zero attached hydrogens (tertiary/aromatic N) is 1. The van der Waals surface area contributed by atoms with E-state index in [-0.39, 0.29) is 16.1 Å². The van der Waals surface area contributed by atoms with E-state index < -0.39 is 16.4 Å². The summed E-state index contributed by atoms with van der Waals surface area (Å²) in [5.74, 6) is -1.38. The molecule has 0 unspecified atom stereocenters. The summed E-state index contributed by atoms with van der Waals surface area (Å²) in [7, 11) is 0. The third kappa shape index (κ3) is 2.72. The quantitative estimate of drug-likeness (QED) is 0.666. The van der Waals surface area contributed by atoms with Gasteiger partial charge >= 0.3 is 5.69 Å². The van der Waals surface area contributed by atoms with Crippen LogP contribution in [0.3, 0.4) is 0 Å². The van der Waals surface area contributed by atoms with Crippen molar-refractivity contribution >= 4 is 33.2 Å². The smallest absolute Gasteiger partial charge is 0.318 e. The van der Waals surface area contributed by atoms with Crippen molar-refractivity contribution in [3.8, 4) is 0 Å². The second-order valence-electron chi connectivity index (χ2n) is 2.73. The number of anilines is 1. The van der Waals surface area contributed by atoms with Crippen molar-refractivity contribution in [3.63, 3.8) is 0 Å². The third-order valence-corrected chi connectivity index (χ3v) is 2.12. The van der Waals surface area contributed by atoms with E-state index in [4.69, 9.17) is 0 Å². The molecular formula is C8H6BrFN2O3. The van der Waals surface area contributed by atoms with Gasteiger partial charge in [-0.25, -0.2) is 0 Å². The molecular weight excluding hydrogens is 271 g/mol. The van der Waals surface area contributed by atoms with E-state index in [9.17, 15) is 19.3 Å². The number of amides is 1. The third-order valence-electron chi connectivity index (χ3n) is 1.52. The van der Waals surface area contributed by atoms with Crippen LogP contribution >= 0.6 is 15.9 Å². The van der Waals surface area contributed by atoms with Crippen LogP contribution in [0.1, 0.15) is 6.92 Å². The Morgan fingerprint density at radius 3 is 2.60 bits per heavy atom. The first-order valence-corrected chi connectivity index (χ1v) is 4.62. The zero-order valence-electron chi connectivity index (χ0n) is 7.58. The van der Waals surface area contributed by atoms with Crippen LogP contribution in [0.25, 0.3) is 0 Å². The molecule has 0 saturated carbocycles. The lowest BCUT2D eigenvalue weighted by Crippen LogP contribution is -2.06. The minimum absolute atomic E-state index is 0.0174. The van der Waals surface area contributed by atoms with E-state index >= 15 is 0 Å². The Morgan fingerprint density at radius 1 is 1.60 bits per heavy atom. The largest absolute Gasteiger partial charge is 0.326 e. The molecule has 0 aliphatic carbocycles. The van der Waals surface area contributed by atoms with Crippen LogP contribution in [0.15, 0.2) is 16.6 Å². The first-order valence-electron chi connectivity index (χ1n) is 3.83. The van der Waals surface area contributed by atoms with Crippen LogP contribution in [0, 0.1) is 15.9 Å². The fourth-order valence-electron chi connectivity index (χ4n) is 1.02. The predicted octanol–water partition coefficient (Wildman–Crippen LogP) is 2.45. The highest BCUT2D eigenvalue weighted by Crippen LogP contribution is 2.31. The molecule has 0 radical (unpaired) electrons. The van der Waals surface area contributed by atoms with Gasteiger partial charge in [-0.2, -0.15) is 4.39 Å². The average Bonchev–Trinajstić information content (AvgIpc) is 1.99. The lowest BCUT2D eigenvalue weighted by molar-refractivity contribution is -0.388. The molecule has 0 bridgehead atoms. The summed E-state index contributed by atoms with van der Waals surface area (Å²) >= 11 is 2.86. The first kappa shape index (κ1) is 11.6. The standard InChI is InChI=1S/C8H6BrFN2O3/c1-4(13)11-5-2-6(9)8(12(14)15)7(10)3-5/h2-3H,1H3,(H,11,13). The highest BCUT2D eigenvalue weighted by atomic mass is 79.9. The van der Waals surface area contributed by atoms with Crippen LogP contribution in [0.2, 0.25) is 0 Å². The number of halogens is 2. The summed E-state index contributed by atoms with van der Waals surface area (Å²) in [5, 5.41) is 12.7. The molecule has 0 heterocycles. The molecule has 0 aliphatic rings. The molecule has 0 aliphatic heterocycles. The van der Waals surface area contributed by atoms with Gasteiger partial charge in [0.1, 0.15) is 4.47 Å².